The standard InChI is InChI=1S/C22H21F2N5O2S/c1-11-8-16(12(2)29(11)14-4-6-15(7-5-14)31-22(23)24)20(30)13(3)32-21-17(10-25)18(26)9-19(27)28-21/h4-9,13,22H,1-3H3,(H4,26,27,28)/t13-/m0/s1. The molecule has 0 aliphatic rings. The van der Waals surface area contributed by atoms with E-state index < -0.39 is 11.9 Å². The van der Waals surface area contributed by atoms with E-state index in [2.05, 4.69) is 9.72 Å². The summed E-state index contributed by atoms with van der Waals surface area (Å²) in [6.45, 7) is 2.47. The Kier molecular flexibility index (Phi) is 6.69. The van der Waals surface area contributed by atoms with E-state index in [1.165, 1.54) is 18.2 Å². The zero-order valence-corrected chi connectivity index (χ0v) is 18.4. The second-order valence-corrected chi connectivity index (χ2v) is 8.37. The zero-order chi connectivity index (χ0) is 23.6. The van der Waals surface area contributed by atoms with E-state index in [-0.39, 0.29) is 28.6 Å². The van der Waals surface area contributed by atoms with Gasteiger partial charge in [-0.15, -0.1) is 0 Å². The molecule has 7 nitrogen and oxygen atoms in total. The summed E-state index contributed by atoms with van der Waals surface area (Å²) >= 11 is 1.11. The van der Waals surface area contributed by atoms with E-state index in [0.29, 0.717) is 22.0 Å². The molecule has 0 unspecified atom stereocenters. The molecule has 3 rings (SSSR count). The van der Waals surface area contributed by atoms with Crippen LogP contribution in [0.15, 0.2) is 41.4 Å². The predicted octanol–water partition coefficient (Wildman–Crippen LogP) is 4.49. The number of aromatic nitrogens is 2. The molecular weight excluding hydrogens is 436 g/mol. The fourth-order valence-corrected chi connectivity index (χ4v) is 4.39. The van der Waals surface area contributed by atoms with Crippen LogP contribution >= 0.6 is 11.8 Å². The van der Waals surface area contributed by atoms with Crippen LogP contribution in [0.25, 0.3) is 5.69 Å². The second-order valence-electron chi connectivity index (χ2n) is 7.05. The number of hydrogen-bond donors (Lipinski definition) is 2. The number of anilines is 2. The van der Waals surface area contributed by atoms with E-state index in [1.807, 2.05) is 17.6 Å². The largest absolute Gasteiger partial charge is 0.435 e. The molecule has 2 aromatic heterocycles. The highest BCUT2D eigenvalue weighted by Crippen LogP contribution is 2.32. The summed E-state index contributed by atoms with van der Waals surface area (Å²) in [4.78, 5) is 17.4. The molecule has 0 aliphatic carbocycles. The van der Waals surface area contributed by atoms with Gasteiger partial charge in [0.1, 0.15) is 28.2 Å². The fraction of sp³-hybridized carbons (Fsp3) is 0.227. The Morgan fingerprint density at radius 1 is 1.22 bits per heavy atom. The third-order valence-corrected chi connectivity index (χ3v) is 5.91. The van der Waals surface area contributed by atoms with Crippen molar-refractivity contribution >= 4 is 29.1 Å². The van der Waals surface area contributed by atoms with E-state index in [9.17, 15) is 18.8 Å². The summed E-state index contributed by atoms with van der Waals surface area (Å²) < 4.78 is 31.0. The van der Waals surface area contributed by atoms with Gasteiger partial charge in [0.15, 0.2) is 5.78 Å². The third kappa shape index (κ3) is 4.68. The first-order valence-electron chi connectivity index (χ1n) is 9.53. The lowest BCUT2D eigenvalue weighted by atomic mass is 10.1. The van der Waals surface area contributed by atoms with Crippen LogP contribution in [0.4, 0.5) is 20.3 Å². The van der Waals surface area contributed by atoms with Gasteiger partial charge in [0.25, 0.3) is 0 Å². The smallest absolute Gasteiger partial charge is 0.387 e. The molecular formula is C22H21F2N5O2S. The van der Waals surface area contributed by atoms with Gasteiger partial charge >= 0.3 is 6.61 Å². The topological polar surface area (TPSA) is 120 Å². The van der Waals surface area contributed by atoms with E-state index >= 15 is 0 Å². The van der Waals surface area contributed by atoms with Crippen LogP contribution in [0.3, 0.4) is 0 Å². The number of alkyl halides is 2. The quantitative estimate of drug-likeness (QED) is 0.396. The molecule has 1 atom stereocenters. The van der Waals surface area contributed by atoms with Crippen molar-refractivity contribution in [2.75, 3.05) is 11.5 Å². The number of halogens is 2. The lowest BCUT2D eigenvalue weighted by Gasteiger charge is -2.13. The van der Waals surface area contributed by atoms with Gasteiger partial charge in [0, 0.05) is 28.7 Å². The Balaban J connectivity index is 1.88. The molecule has 0 saturated carbocycles. The summed E-state index contributed by atoms with van der Waals surface area (Å²) in [5.74, 6) is 0.0644. The second kappa shape index (κ2) is 9.28. The maximum Gasteiger partial charge on any atom is 0.387 e. The van der Waals surface area contributed by atoms with Gasteiger partial charge in [-0.25, -0.2) is 4.98 Å². The molecule has 0 aliphatic heterocycles. The Morgan fingerprint density at radius 2 is 1.88 bits per heavy atom. The van der Waals surface area contributed by atoms with Crippen LogP contribution in [0.5, 0.6) is 5.75 Å². The van der Waals surface area contributed by atoms with Crippen LogP contribution in [0.2, 0.25) is 0 Å². The number of nitrogens with zero attached hydrogens (tertiary/aromatic N) is 3. The van der Waals surface area contributed by atoms with Gasteiger partial charge in [0.2, 0.25) is 0 Å². The van der Waals surface area contributed by atoms with Crippen molar-refractivity contribution in [2.45, 2.75) is 37.7 Å². The molecule has 0 fully saturated rings. The Hall–Kier alpha value is -3.58. The molecule has 0 amide bonds. The Bertz CT molecular complexity index is 1200. The van der Waals surface area contributed by atoms with Gasteiger partial charge in [-0.2, -0.15) is 14.0 Å². The summed E-state index contributed by atoms with van der Waals surface area (Å²) in [7, 11) is 0. The van der Waals surface area contributed by atoms with E-state index in [0.717, 1.165) is 17.5 Å². The monoisotopic (exact) mass is 457 g/mol. The van der Waals surface area contributed by atoms with Crippen LogP contribution < -0.4 is 16.2 Å². The minimum absolute atomic E-state index is 0.0507. The molecule has 32 heavy (non-hydrogen) atoms. The summed E-state index contributed by atoms with van der Waals surface area (Å²) in [5.41, 5.74) is 14.7. The highest BCUT2D eigenvalue weighted by molar-refractivity contribution is 8.00. The third-order valence-electron chi connectivity index (χ3n) is 4.82. The number of carbonyl (C=O) groups is 1. The maximum atomic E-state index is 13.2. The average Bonchev–Trinajstić information content (AvgIpc) is 3.01. The van der Waals surface area contributed by atoms with Gasteiger partial charge in [-0.1, -0.05) is 11.8 Å². The molecule has 0 saturated heterocycles. The molecule has 1 aromatic carbocycles. The van der Waals surface area contributed by atoms with Crippen LogP contribution in [-0.4, -0.2) is 27.2 Å². The van der Waals surface area contributed by atoms with Crippen molar-refractivity contribution in [3.05, 3.63) is 58.9 Å². The molecule has 10 heteroatoms. The first kappa shape index (κ1) is 23.1. The Morgan fingerprint density at radius 3 is 2.47 bits per heavy atom. The van der Waals surface area contributed by atoms with Crippen molar-refractivity contribution in [1.82, 2.24) is 9.55 Å². The van der Waals surface area contributed by atoms with Gasteiger partial charge in [-0.3, -0.25) is 4.79 Å². The maximum absolute atomic E-state index is 13.2. The van der Waals surface area contributed by atoms with E-state index in [4.69, 9.17) is 11.5 Å². The number of nitrogens with two attached hydrogens (primary N) is 2. The number of thioether (sulfide) groups is 1. The van der Waals surface area contributed by atoms with Crippen molar-refractivity contribution in [1.29, 1.82) is 5.26 Å². The van der Waals surface area contributed by atoms with Crippen molar-refractivity contribution in [2.24, 2.45) is 0 Å². The highest BCUT2D eigenvalue weighted by Gasteiger charge is 2.24. The number of nitrogen functional groups attached to an aromatic ring is 2. The molecule has 0 radical (unpaired) electrons. The molecule has 4 N–H and O–H groups in total. The summed E-state index contributed by atoms with van der Waals surface area (Å²) in [5, 5.41) is 9.11. The molecule has 166 valence electrons. The minimum atomic E-state index is -2.90. The van der Waals surface area contributed by atoms with Crippen molar-refractivity contribution in [3.63, 3.8) is 0 Å². The molecule has 0 bridgehead atoms. The van der Waals surface area contributed by atoms with Gasteiger partial charge in [0.05, 0.1) is 10.9 Å². The zero-order valence-electron chi connectivity index (χ0n) is 17.6. The normalized spacial score (nSPS) is 11.9. The number of carbonyl (C=O) groups excluding carboxylic acids is 1. The van der Waals surface area contributed by atoms with Crippen LogP contribution in [-0.2, 0) is 0 Å². The van der Waals surface area contributed by atoms with Crippen LogP contribution in [0, 0.1) is 25.2 Å². The first-order valence-corrected chi connectivity index (χ1v) is 10.4. The highest BCUT2D eigenvalue weighted by atomic mass is 32.2. The molecule has 0 spiro atoms. The number of rotatable bonds is 7. The number of Topliss-reactive ketones (excluding diaryl/α,β-unsaturated/α-hetero) is 1. The van der Waals surface area contributed by atoms with Crippen LogP contribution in [0.1, 0.15) is 34.2 Å². The van der Waals surface area contributed by atoms with Crippen molar-refractivity contribution < 1.29 is 18.3 Å². The van der Waals surface area contributed by atoms with Gasteiger partial charge < -0.3 is 20.8 Å². The van der Waals surface area contributed by atoms with Gasteiger partial charge in [-0.05, 0) is 51.1 Å². The number of nitriles is 1. The fourth-order valence-electron chi connectivity index (χ4n) is 3.38. The summed E-state index contributed by atoms with van der Waals surface area (Å²) in [6, 6.07) is 11.3. The Labute approximate surface area is 188 Å². The number of ether oxygens (including phenoxy) is 1. The SMILES string of the molecule is Cc1cc(C(=O)[C@H](C)Sc2nc(N)cc(N)c2C#N)c(C)n1-c1ccc(OC(F)F)cc1. The number of hydrogen-bond acceptors (Lipinski definition) is 7. The number of aryl methyl sites for hydroxylation is 1. The molecule has 2 heterocycles. The van der Waals surface area contributed by atoms with Crippen molar-refractivity contribution in [3.8, 4) is 17.5 Å². The lowest BCUT2D eigenvalue weighted by Crippen LogP contribution is -2.15. The van der Waals surface area contributed by atoms with E-state index in [1.54, 1.807) is 32.0 Å². The molecule has 3 aromatic rings. The first-order chi connectivity index (χ1) is 15.1. The predicted molar refractivity (Wildman–Crippen MR) is 119 cm³/mol. The minimum Gasteiger partial charge on any atom is -0.435 e. The number of ketones is 1. The number of benzene rings is 1. The summed E-state index contributed by atoms with van der Waals surface area (Å²) in [6.07, 6.45) is 0. The average molecular weight is 458 g/mol. The lowest BCUT2D eigenvalue weighted by molar-refractivity contribution is -0.0498. The number of pyridine rings is 1.